The summed E-state index contributed by atoms with van der Waals surface area (Å²) in [5.74, 6) is -0.187. The number of halogens is 1. The highest BCUT2D eigenvalue weighted by molar-refractivity contribution is 7.13. The van der Waals surface area contributed by atoms with Crippen LogP contribution >= 0.6 is 11.3 Å². The maximum atomic E-state index is 13.3. The van der Waals surface area contributed by atoms with E-state index >= 15 is 0 Å². The molecule has 1 saturated carbocycles. The van der Waals surface area contributed by atoms with Crippen LogP contribution in [0.4, 0.5) is 4.39 Å². The van der Waals surface area contributed by atoms with E-state index in [0.29, 0.717) is 12.6 Å². The highest BCUT2D eigenvalue weighted by atomic mass is 32.1. The van der Waals surface area contributed by atoms with Crippen LogP contribution in [0, 0.1) is 12.7 Å². The summed E-state index contributed by atoms with van der Waals surface area (Å²) in [5.41, 5.74) is 0.846. The summed E-state index contributed by atoms with van der Waals surface area (Å²) < 4.78 is 13.3. The van der Waals surface area contributed by atoms with Crippen molar-refractivity contribution < 1.29 is 9.18 Å². The quantitative estimate of drug-likeness (QED) is 0.833. The number of nitrogens with zero attached hydrogens (tertiary/aromatic N) is 1. The third kappa shape index (κ3) is 2.90. The lowest BCUT2D eigenvalue weighted by Gasteiger charge is -2.22. The van der Waals surface area contributed by atoms with Crippen LogP contribution in [0.2, 0.25) is 0 Å². The lowest BCUT2D eigenvalue weighted by Crippen LogP contribution is -2.32. The van der Waals surface area contributed by atoms with Crippen LogP contribution < -0.4 is 0 Å². The van der Waals surface area contributed by atoms with Crippen LogP contribution in [0.3, 0.4) is 0 Å². The molecule has 0 N–H and O–H groups in total. The topological polar surface area (TPSA) is 20.3 Å². The van der Waals surface area contributed by atoms with E-state index in [0.717, 1.165) is 28.2 Å². The van der Waals surface area contributed by atoms with Gasteiger partial charge in [0.15, 0.2) is 0 Å². The first-order chi connectivity index (χ1) is 9.63. The average Bonchev–Trinajstić information content (AvgIpc) is 3.17. The lowest BCUT2D eigenvalue weighted by molar-refractivity contribution is 0.0734. The van der Waals surface area contributed by atoms with E-state index in [4.69, 9.17) is 0 Å². The van der Waals surface area contributed by atoms with Gasteiger partial charge in [-0.25, -0.2) is 4.39 Å². The minimum absolute atomic E-state index is 0.0647. The second-order valence-electron chi connectivity index (χ2n) is 5.20. The number of benzene rings is 1. The van der Waals surface area contributed by atoms with Crippen molar-refractivity contribution in [3.05, 3.63) is 57.5 Å². The summed E-state index contributed by atoms with van der Waals surface area (Å²) >= 11 is 1.52. The van der Waals surface area contributed by atoms with Crippen molar-refractivity contribution in [2.24, 2.45) is 0 Å². The van der Waals surface area contributed by atoms with Gasteiger partial charge in [-0.2, -0.15) is 0 Å². The number of aryl methyl sites for hydroxylation is 1. The summed E-state index contributed by atoms with van der Waals surface area (Å²) in [4.78, 5) is 16.3. The molecule has 1 aliphatic rings. The van der Waals surface area contributed by atoms with Crippen LogP contribution in [0.15, 0.2) is 36.4 Å². The van der Waals surface area contributed by atoms with Crippen molar-refractivity contribution in [1.82, 2.24) is 4.90 Å². The van der Waals surface area contributed by atoms with Gasteiger partial charge in [-0.3, -0.25) is 4.79 Å². The number of hydrogen-bond donors (Lipinski definition) is 0. The lowest BCUT2D eigenvalue weighted by atomic mass is 10.2. The van der Waals surface area contributed by atoms with Crippen molar-refractivity contribution in [3.63, 3.8) is 0 Å². The maximum absolute atomic E-state index is 13.3. The van der Waals surface area contributed by atoms with Crippen LogP contribution in [0.1, 0.15) is 33.0 Å². The molecule has 0 radical (unpaired) electrons. The third-order valence-electron chi connectivity index (χ3n) is 3.44. The molecule has 1 amide bonds. The van der Waals surface area contributed by atoms with Crippen LogP contribution in [-0.2, 0) is 6.54 Å². The monoisotopic (exact) mass is 289 g/mol. The van der Waals surface area contributed by atoms with Gasteiger partial charge in [0.25, 0.3) is 5.91 Å². The Morgan fingerprint density at radius 3 is 2.75 bits per heavy atom. The Bertz CT molecular complexity index is 633. The summed E-state index contributed by atoms with van der Waals surface area (Å²) in [7, 11) is 0. The molecule has 3 rings (SSSR count). The average molecular weight is 289 g/mol. The first-order valence-electron chi connectivity index (χ1n) is 6.75. The third-order valence-corrected chi connectivity index (χ3v) is 4.43. The summed E-state index contributed by atoms with van der Waals surface area (Å²) in [5, 5.41) is 0. The van der Waals surface area contributed by atoms with E-state index < -0.39 is 0 Å². The zero-order valence-electron chi connectivity index (χ0n) is 11.3. The second kappa shape index (κ2) is 5.37. The van der Waals surface area contributed by atoms with Gasteiger partial charge in [0.2, 0.25) is 0 Å². The molecule has 1 aromatic heterocycles. The highest BCUT2D eigenvalue weighted by Gasteiger charge is 2.33. The van der Waals surface area contributed by atoms with E-state index in [1.54, 1.807) is 6.07 Å². The molecule has 1 fully saturated rings. The van der Waals surface area contributed by atoms with Crippen molar-refractivity contribution in [2.45, 2.75) is 32.4 Å². The second-order valence-corrected chi connectivity index (χ2v) is 6.49. The Labute approximate surface area is 121 Å². The Balaban J connectivity index is 1.81. The van der Waals surface area contributed by atoms with Gasteiger partial charge in [-0.1, -0.05) is 12.1 Å². The number of carbonyl (C=O) groups excluding carboxylic acids is 1. The SMILES string of the molecule is Cc1ccc(C(=O)N(Cc2cccc(F)c2)C2CC2)s1. The Hall–Kier alpha value is -1.68. The fourth-order valence-corrected chi connectivity index (χ4v) is 3.10. The molecule has 0 atom stereocenters. The number of thiophene rings is 1. The van der Waals surface area contributed by atoms with Crippen molar-refractivity contribution in [2.75, 3.05) is 0 Å². The predicted octanol–water partition coefficient (Wildman–Crippen LogP) is 4.00. The molecule has 0 spiro atoms. The van der Waals surface area contributed by atoms with Crippen LogP contribution in [0.5, 0.6) is 0 Å². The van der Waals surface area contributed by atoms with Gasteiger partial charge in [0.05, 0.1) is 4.88 Å². The van der Waals surface area contributed by atoms with Gasteiger partial charge in [0.1, 0.15) is 5.82 Å². The van der Waals surface area contributed by atoms with E-state index in [1.807, 2.05) is 30.0 Å². The minimum Gasteiger partial charge on any atom is -0.331 e. The van der Waals surface area contributed by atoms with E-state index in [2.05, 4.69) is 0 Å². The molecule has 1 heterocycles. The molecule has 4 heteroatoms. The smallest absolute Gasteiger partial charge is 0.264 e. The number of carbonyl (C=O) groups is 1. The highest BCUT2D eigenvalue weighted by Crippen LogP contribution is 2.31. The molecule has 20 heavy (non-hydrogen) atoms. The molecule has 2 nitrogen and oxygen atoms in total. The van der Waals surface area contributed by atoms with Gasteiger partial charge >= 0.3 is 0 Å². The molecular weight excluding hydrogens is 273 g/mol. The van der Waals surface area contributed by atoms with Crippen LogP contribution in [-0.4, -0.2) is 16.8 Å². The molecule has 1 aliphatic carbocycles. The van der Waals surface area contributed by atoms with E-state index in [1.165, 1.54) is 23.5 Å². The molecule has 0 unspecified atom stereocenters. The molecule has 0 bridgehead atoms. The number of rotatable bonds is 4. The largest absolute Gasteiger partial charge is 0.331 e. The minimum atomic E-state index is -0.252. The van der Waals surface area contributed by atoms with Gasteiger partial charge in [-0.05, 0) is 49.6 Å². The van der Waals surface area contributed by atoms with Crippen molar-refractivity contribution in [3.8, 4) is 0 Å². The van der Waals surface area contributed by atoms with Gasteiger partial charge in [-0.15, -0.1) is 11.3 Å². The van der Waals surface area contributed by atoms with Crippen LogP contribution in [0.25, 0.3) is 0 Å². The Morgan fingerprint density at radius 1 is 1.35 bits per heavy atom. The first-order valence-corrected chi connectivity index (χ1v) is 7.57. The molecule has 104 valence electrons. The number of amides is 1. The van der Waals surface area contributed by atoms with Gasteiger partial charge < -0.3 is 4.90 Å². The summed E-state index contributed by atoms with van der Waals surface area (Å²) in [6.07, 6.45) is 2.09. The molecule has 2 aromatic rings. The standard InChI is InChI=1S/C16H16FNOS/c1-11-5-8-15(20-11)16(19)18(14-6-7-14)10-12-3-2-4-13(17)9-12/h2-5,8-9,14H,6-7,10H2,1H3. The molecule has 0 aliphatic heterocycles. The first kappa shape index (κ1) is 13.3. The zero-order chi connectivity index (χ0) is 14.1. The molecule has 0 saturated heterocycles. The maximum Gasteiger partial charge on any atom is 0.264 e. The predicted molar refractivity (Wildman–Crippen MR) is 78.4 cm³/mol. The normalized spacial score (nSPS) is 14.3. The van der Waals surface area contributed by atoms with E-state index in [-0.39, 0.29) is 11.7 Å². The Kier molecular flexibility index (Phi) is 3.57. The number of hydrogen-bond acceptors (Lipinski definition) is 2. The van der Waals surface area contributed by atoms with Crippen molar-refractivity contribution in [1.29, 1.82) is 0 Å². The van der Waals surface area contributed by atoms with Crippen molar-refractivity contribution >= 4 is 17.2 Å². The molecular formula is C16H16FNOS. The fourth-order valence-electron chi connectivity index (χ4n) is 2.28. The molecule has 1 aromatic carbocycles. The Morgan fingerprint density at radius 2 is 2.15 bits per heavy atom. The van der Waals surface area contributed by atoms with Gasteiger partial charge in [0, 0.05) is 17.5 Å². The fraction of sp³-hybridized carbons (Fsp3) is 0.312. The summed E-state index contributed by atoms with van der Waals surface area (Å²) in [6.45, 7) is 2.48. The van der Waals surface area contributed by atoms with E-state index in [9.17, 15) is 9.18 Å². The summed E-state index contributed by atoms with van der Waals surface area (Å²) in [6, 6.07) is 10.6. The zero-order valence-corrected chi connectivity index (χ0v) is 12.1.